The Morgan fingerprint density at radius 2 is 1.93 bits per heavy atom. The third-order valence-electron chi connectivity index (χ3n) is 1.63. The zero-order chi connectivity index (χ0) is 11.9. The molecule has 15 heavy (non-hydrogen) atoms. The number of hydrogen-bond acceptors (Lipinski definition) is 3. The Kier molecular flexibility index (Phi) is 6.76. The summed E-state index contributed by atoms with van der Waals surface area (Å²) >= 11 is 0. The van der Waals surface area contributed by atoms with Crippen LogP contribution in [0.15, 0.2) is 0 Å². The van der Waals surface area contributed by atoms with Gasteiger partial charge < -0.3 is 10.6 Å². The standard InChI is InChI=1S/C10H22N2O2S/c1-5-15(14)7-6-11-8-9(13)12-10(2,3)4/h11H,5-8H2,1-4H3,(H,12,13). The summed E-state index contributed by atoms with van der Waals surface area (Å²) in [5.74, 6) is 1.26. The van der Waals surface area contributed by atoms with Crippen molar-refractivity contribution in [2.75, 3.05) is 24.6 Å². The summed E-state index contributed by atoms with van der Waals surface area (Å²) in [5.41, 5.74) is -0.189. The molecule has 1 unspecified atom stereocenters. The second-order valence-electron chi connectivity index (χ2n) is 4.41. The summed E-state index contributed by atoms with van der Waals surface area (Å²) in [7, 11) is -0.755. The molecule has 1 amide bonds. The molecule has 0 rings (SSSR count). The monoisotopic (exact) mass is 234 g/mol. The maximum Gasteiger partial charge on any atom is 0.234 e. The van der Waals surface area contributed by atoms with Crippen LogP contribution in [0.2, 0.25) is 0 Å². The number of rotatable bonds is 6. The van der Waals surface area contributed by atoms with Crippen molar-refractivity contribution in [3.05, 3.63) is 0 Å². The Morgan fingerprint density at radius 3 is 2.40 bits per heavy atom. The molecule has 0 fully saturated rings. The maximum atomic E-state index is 11.3. The van der Waals surface area contributed by atoms with Gasteiger partial charge in [0.15, 0.2) is 0 Å². The van der Waals surface area contributed by atoms with Crippen molar-refractivity contribution in [3.63, 3.8) is 0 Å². The molecule has 0 spiro atoms. The summed E-state index contributed by atoms with van der Waals surface area (Å²) in [5, 5.41) is 5.81. The quantitative estimate of drug-likeness (QED) is 0.648. The molecule has 0 aromatic rings. The van der Waals surface area contributed by atoms with E-state index in [0.29, 0.717) is 18.1 Å². The highest BCUT2D eigenvalue weighted by Gasteiger charge is 2.12. The number of nitrogens with one attached hydrogen (secondary N) is 2. The van der Waals surface area contributed by atoms with Gasteiger partial charge in [-0.15, -0.1) is 0 Å². The Hall–Kier alpha value is -0.420. The van der Waals surface area contributed by atoms with E-state index < -0.39 is 10.8 Å². The van der Waals surface area contributed by atoms with Crippen LogP contribution in [0.5, 0.6) is 0 Å². The van der Waals surface area contributed by atoms with E-state index in [4.69, 9.17) is 0 Å². The second kappa shape index (κ2) is 6.95. The van der Waals surface area contributed by atoms with Gasteiger partial charge in [0, 0.05) is 34.4 Å². The molecular weight excluding hydrogens is 212 g/mol. The molecule has 0 heterocycles. The van der Waals surface area contributed by atoms with Crippen LogP contribution in [0, 0.1) is 0 Å². The molecule has 5 heteroatoms. The van der Waals surface area contributed by atoms with Gasteiger partial charge in [0.05, 0.1) is 6.54 Å². The van der Waals surface area contributed by atoms with Crippen LogP contribution in [0.1, 0.15) is 27.7 Å². The van der Waals surface area contributed by atoms with E-state index in [-0.39, 0.29) is 18.0 Å². The van der Waals surface area contributed by atoms with E-state index >= 15 is 0 Å². The summed E-state index contributed by atoms with van der Waals surface area (Å²) in [6.45, 7) is 8.63. The predicted molar refractivity (Wildman–Crippen MR) is 64.3 cm³/mol. The smallest absolute Gasteiger partial charge is 0.234 e. The van der Waals surface area contributed by atoms with Gasteiger partial charge in [-0.2, -0.15) is 0 Å². The first-order valence-electron chi connectivity index (χ1n) is 5.22. The van der Waals surface area contributed by atoms with E-state index in [9.17, 15) is 9.00 Å². The minimum atomic E-state index is -0.755. The topological polar surface area (TPSA) is 58.2 Å². The molecule has 4 nitrogen and oxygen atoms in total. The Morgan fingerprint density at radius 1 is 1.33 bits per heavy atom. The number of carbonyl (C=O) groups is 1. The average molecular weight is 234 g/mol. The lowest BCUT2D eigenvalue weighted by Crippen LogP contribution is -2.45. The predicted octanol–water partition coefficient (Wildman–Crippen LogP) is 0.259. The van der Waals surface area contributed by atoms with E-state index in [1.54, 1.807) is 0 Å². The van der Waals surface area contributed by atoms with Gasteiger partial charge in [-0.3, -0.25) is 9.00 Å². The third-order valence-corrected chi connectivity index (χ3v) is 2.93. The maximum absolute atomic E-state index is 11.3. The van der Waals surface area contributed by atoms with E-state index in [0.717, 1.165) is 0 Å². The van der Waals surface area contributed by atoms with Gasteiger partial charge in [0.25, 0.3) is 0 Å². The molecular formula is C10H22N2O2S. The molecule has 0 aromatic carbocycles. The zero-order valence-electron chi connectivity index (χ0n) is 10.1. The summed E-state index contributed by atoms with van der Waals surface area (Å²) in [6, 6.07) is 0. The van der Waals surface area contributed by atoms with Crippen molar-refractivity contribution in [1.82, 2.24) is 10.6 Å². The lowest BCUT2D eigenvalue weighted by atomic mass is 10.1. The van der Waals surface area contributed by atoms with E-state index in [1.165, 1.54) is 0 Å². The Balaban J connectivity index is 3.52. The molecule has 0 saturated carbocycles. The highest BCUT2D eigenvalue weighted by Crippen LogP contribution is 1.96. The summed E-state index contributed by atoms with van der Waals surface area (Å²) in [4.78, 5) is 11.3. The number of hydrogen-bond donors (Lipinski definition) is 2. The summed E-state index contributed by atoms with van der Waals surface area (Å²) in [6.07, 6.45) is 0. The molecule has 90 valence electrons. The van der Waals surface area contributed by atoms with Gasteiger partial charge in [0.1, 0.15) is 0 Å². The van der Waals surface area contributed by atoms with Crippen LogP contribution in [0.4, 0.5) is 0 Å². The Bertz CT molecular complexity index is 224. The second-order valence-corrected chi connectivity index (χ2v) is 6.27. The largest absolute Gasteiger partial charge is 0.350 e. The summed E-state index contributed by atoms with van der Waals surface area (Å²) < 4.78 is 11.1. The van der Waals surface area contributed by atoms with E-state index in [2.05, 4.69) is 10.6 Å². The molecule has 0 aromatic heterocycles. The van der Waals surface area contributed by atoms with Crippen molar-refractivity contribution in [3.8, 4) is 0 Å². The molecule has 2 N–H and O–H groups in total. The molecule has 0 aliphatic heterocycles. The number of amides is 1. The van der Waals surface area contributed by atoms with Crippen LogP contribution in [-0.2, 0) is 15.6 Å². The van der Waals surface area contributed by atoms with E-state index in [1.807, 2.05) is 27.7 Å². The number of carbonyl (C=O) groups excluding carboxylic acids is 1. The van der Waals surface area contributed by atoms with Crippen molar-refractivity contribution in [2.24, 2.45) is 0 Å². The van der Waals surface area contributed by atoms with Crippen LogP contribution in [-0.4, -0.2) is 40.3 Å². The molecule has 0 aliphatic carbocycles. The van der Waals surface area contributed by atoms with Crippen LogP contribution < -0.4 is 10.6 Å². The first-order chi connectivity index (χ1) is 6.85. The van der Waals surface area contributed by atoms with Crippen LogP contribution >= 0.6 is 0 Å². The van der Waals surface area contributed by atoms with Crippen molar-refractivity contribution in [2.45, 2.75) is 33.2 Å². The fourth-order valence-corrected chi connectivity index (χ4v) is 1.66. The van der Waals surface area contributed by atoms with Crippen LogP contribution in [0.25, 0.3) is 0 Å². The highest BCUT2D eigenvalue weighted by molar-refractivity contribution is 7.84. The lowest BCUT2D eigenvalue weighted by Gasteiger charge is -2.20. The minimum Gasteiger partial charge on any atom is -0.350 e. The van der Waals surface area contributed by atoms with Gasteiger partial charge in [0.2, 0.25) is 5.91 Å². The van der Waals surface area contributed by atoms with Gasteiger partial charge in [-0.05, 0) is 20.8 Å². The van der Waals surface area contributed by atoms with Crippen molar-refractivity contribution < 1.29 is 9.00 Å². The van der Waals surface area contributed by atoms with Crippen molar-refractivity contribution in [1.29, 1.82) is 0 Å². The highest BCUT2D eigenvalue weighted by atomic mass is 32.2. The average Bonchev–Trinajstić information content (AvgIpc) is 2.09. The third kappa shape index (κ3) is 9.87. The molecule has 0 aliphatic rings. The van der Waals surface area contributed by atoms with Gasteiger partial charge in [-0.1, -0.05) is 6.92 Å². The molecule has 1 atom stereocenters. The lowest BCUT2D eigenvalue weighted by molar-refractivity contribution is -0.121. The van der Waals surface area contributed by atoms with Gasteiger partial charge in [-0.25, -0.2) is 0 Å². The SMILES string of the molecule is CCS(=O)CCNCC(=O)NC(C)(C)C. The minimum absolute atomic E-state index is 0.0234. The molecule has 0 radical (unpaired) electrons. The molecule has 0 saturated heterocycles. The first kappa shape index (κ1) is 14.6. The Labute approximate surface area is 94.7 Å². The fraction of sp³-hybridized carbons (Fsp3) is 0.900. The fourth-order valence-electron chi connectivity index (χ4n) is 0.995. The zero-order valence-corrected chi connectivity index (χ0v) is 10.9. The normalized spacial score (nSPS) is 13.6. The van der Waals surface area contributed by atoms with Gasteiger partial charge >= 0.3 is 0 Å². The molecule has 0 bridgehead atoms. The van der Waals surface area contributed by atoms with Crippen LogP contribution in [0.3, 0.4) is 0 Å². The van der Waals surface area contributed by atoms with Crippen molar-refractivity contribution >= 4 is 16.7 Å². The first-order valence-corrected chi connectivity index (χ1v) is 6.70.